The SMILES string of the molecule is N#CC(Nc1cccc(Cl)c1)C1CCCSC1. The van der Waals surface area contributed by atoms with E-state index in [0.717, 1.165) is 17.9 Å². The molecular formula is C13H15ClN2S. The average molecular weight is 267 g/mol. The van der Waals surface area contributed by atoms with Crippen LogP contribution in [0.4, 0.5) is 5.69 Å². The Labute approximate surface area is 111 Å². The Morgan fingerprint density at radius 3 is 3.06 bits per heavy atom. The van der Waals surface area contributed by atoms with Gasteiger partial charge in [-0.05, 0) is 42.5 Å². The third-order valence-electron chi connectivity index (χ3n) is 2.95. The van der Waals surface area contributed by atoms with Crippen LogP contribution in [0.2, 0.25) is 5.02 Å². The number of halogens is 1. The first-order valence-electron chi connectivity index (χ1n) is 5.79. The first kappa shape index (κ1) is 12.6. The topological polar surface area (TPSA) is 35.8 Å². The molecule has 1 aromatic rings. The van der Waals surface area contributed by atoms with Gasteiger partial charge in [-0.2, -0.15) is 17.0 Å². The van der Waals surface area contributed by atoms with Crippen molar-refractivity contribution in [2.24, 2.45) is 5.92 Å². The number of nitrogens with zero attached hydrogens (tertiary/aromatic N) is 1. The van der Waals surface area contributed by atoms with E-state index in [1.54, 1.807) is 0 Å². The molecule has 1 heterocycles. The predicted octanol–water partition coefficient (Wildman–Crippen LogP) is 3.79. The largest absolute Gasteiger partial charge is 0.370 e. The maximum absolute atomic E-state index is 9.25. The second-order valence-corrected chi connectivity index (χ2v) is 5.82. The summed E-state index contributed by atoms with van der Waals surface area (Å²) in [5.41, 5.74) is 0.930. The zero-order valence-corrected chi connectivity index (χ0v) is 11.1. The van der Waals surface area contributed by atoms with Crippen molar-refractivity contribution in [2.45, 2.75) is 18.9 Å². The maximum atomic E-state index is 9.25. The summed E-state index contributed by atoms with van der Waals surface area (Å²) in [5, 5.41) is 13.2. The van der Waals surface area contributed by atoms with Crippen LogP contribution < -0.4 is 5.32 Å². The smallest absolute Gasteiger partial charge is 0.118 e. The highest BCUT2D eigenvalue weighted by Gasteiger charge is 2.23. The predicted molar refractivity (Wildman–Crippen MR) is 74.5 cm³/mol. The third kappa shape index (κ3) is 3.55. The number of nitrogens with one attached hydrogen (secondary N) is 1. The molecule has 0 bridgehead atoms. The lowest BCUT2D eigenvalue weighted by Crippen LogP contribution is -2.31. The summed E-state index contributed by atoms with van der Waals surface area (Å²) in [6, 6.07) is 9.81. The normalized spacial score (nSPS) is 21.5. The summed E-state index contributed by atoms with van der Waals surface area (Å²) in [6.07, 6.45) is 2.35. The van der Waals surface area contributed by atoms with Gasteiger partial charge in [0.1, 0.15) is 6.04 Å². The molecule has 0 radical (unpaired) electrons. The minimum atomic E-state index is -0.110. The molecule has 1 aliphatic heterocycles. The number of rotatable bonds is 3. The van der Waals surface area contributed by atoms with E-state index >= 15 is 0 Å². The molecule has 2 atom stereocenters. The molecule has 1 aliphatic rings. The number of hydrogen-bond donors (Lipinski definition) is 1. The third-order valence-corrected chi connectivity index (χ3v) is 4.43. The minimum absolute atomic E-state index is 0.110. The number of anilines is 1. The minimum Gasteiger partial charge on any atom is -0.370 e. The lowest BCUT2D eigenvalue weighted by Gasteiger charge is -2.26. The molecule has 1 N–H and O–H groups in total. The standard InChI is InChI=1S/C13H15ClN2S/c14-11-4-1-5-12(7-11)16-13(8-15)10-3-2-6-17-9-10/h1,4-5,7,10,13,16H,2-3,6,9H2. The Hall–Kier alpha value is -0.850. The van der Waals surface area contributed by atoms with Crippen LogP contribution in [0, 0.1) is 17.2 Å². The number of benzene rings is 1. The quantitative estimate of drug-likeness (QED) is 0.904. The maximum Gasteiger partial charge on any atom is 0.118 e. The highest BCUT2D eigenvalue weighted by molar-refractivity contribution is 7.99. The summed E-state index contributed by atoms with van der Waals surface area (Å²) < 4.78 is 0. The Kier molecular flexibility index (Phi) is 4.58. The van der Waals surface area contributed by atoms with Crippen LogP contribution in [-0.4, -0.2) is 17.5 Å². The van der Waals surface area contributed by atoms with E-state index in [2.05, 4.69) is 11.4 Å². The Bertz CT molecular complexity index is 410. The van der Waals surface area contributed by atoms with E-state index in [4.69, 9.17) is 11.6 Å². The van der Waals surface area contributed by atoms with Gasteiger partial charge in [-0.1, -0.05) is 17.7 Å². The molecule has 2 unspecified atom stereocenters. The van der Waals surface area contributed by atoms with Gasteiger partial charge in [0, 0.05) is 16.6 Å². The number of thioether (sulfide) groups is 1. The molecule has 1 saturated heterocycles. The number of nitriles is 1. The van der Waals surface area contributed by atoms with Gasteiger partial charge in [0.25, 0.3) is 0 Å². The van der Waals surface area contributed by atoms with E-state index in [0.29, 0.717) is 10.9 Å². The van der Waals surface area contributed by atoms with Crippen molar-refractivity contribution in [3.8, 4) is 6.07 Å². The molecule has 0 spiro atoms. The molecule has 1 aromatic carbocycles. The summed E-state index contributed by atoms with van der Waals surface area (Å²) in [6.45, 7) is 0. The summed E-state index contributed by atoms with van der Waals surface area (Å²) >= 11 is 7.87. The van der Waals surface area contributed by atoms with Crippen LogP contribution in [0.3, 0.4) is 0 Å². The highest BCUT2D eigenvalue weighted by atomic mass is 35.5. The van der Waals surface area contributed by atoms with Crippen molar-refractivity contribution in [1.82, 2.24) is 0 Å². The van der Waals surface area contributed by atoms with E-state index < -0.39 is 0 Å². The molecule has 0 saturated carbocycles. The molecule has 4 heteroatoms. The average Bonchev–Trinajstić information content (AvgIpc) is 2.37. The zero-order valence-electron chi connectivity index (χ0n) is 9.53. The van der Waals surface area contributed by atoms with Crippen LogP contribution >= 0.6 is 23.4 Å². The summed E-state index contributed by atoms with van der Waals surface area (Å²) in [5.74, 6) is 2.75. The van der Waals surface area contributed by atoms with Gasteiger partial charge in [0.15, 0.2) is 0 Å². The summed E-state index contributed by atoms with van der Waals surface area (Å²) in [7, 11) is 0. The van der Waals surface area contributed by atoms with Crippen LogP contribution in [0.1, 0.15) is 12.8 Å². The van der Waals surface area contributed by atoms with Gasteiger partial charge in [0.2, 0.25) is 0 Å². The van der Waals surface area contributed by atoms with E-state index in [1.807, 2.05) is 36.0 Å². The molecule has 0 aliphatic carbocycles. The van der Waals surface area contributed by atoms with Crippen LogP contribution in [-0.2, 0) is 0 Å². The fourth-order valence-electron chi connectivity index (χ4n) is 2.04. The first-order valence-corrected chi connectivity index (χ1v) is 7.32. The zero-order chi connectivity index (χ0) is 12.1. The lowest BCUT2D eigenvalue weighted by atomic mass is 9.97. The molecule has 0 aromatic heterocycles. The molecule has 2 rings (SSSR count). The van der Waals surface area contributed by atoms with E-state index in [1.165, 1.54) is 12.2 Å². The van der Waals surface area contributed by atoms with Gasteiger partial charge >= 0.3 is 0 Å². The van der Waals surface area contributed by atoms with Gasteiger partial charge in [-0.25, -0.2) is 0 Å². The van der Waals surface area contributed by atoms with Crippen molar-refractivity contribution < 1.29 is 0 Å². The van der Waals surface area contributed by atoms with Crippen LogP contribution in [0.5, 0.6) is 0 Å². The van der Waals surface area contributed by atoms with E-state index in [-0.39, 0.29) is 6.04 Å². The highest BCUT2D eigenvalue weighted by Crippen LogP contribution is 2.27. The molecule has 1 fully saturated rings. The molecule has 2 nitrogen and oxygen atoms in total. The van der Waals surface area contributed by atoms with Gasteiger partial charge in [0.05, 0.1) is 6.07 Å². The molecule has 90 valence electrons. The van der Waals surface area contributed by atoms with Crippen molar-refractivity contribution in [3.05, 3.63) is 29.3 Å². The van der Waals surface area contributed by atoms with Gasteiger partial charge < -0.3 is 5.32 Å². The van der Waals surface area contributed by atoms with Crippen LogP contribution in [0.15, 0.2) is 24.3 Å². The Morgan fingerprint density at radius 1 is 1.53 bits per heavy atom. The Morgan fingerprint density at radius 2 is 2.41 bits per heavy atom. The van der Waals surface area contributed by atoms with Crippen molar-refractivity contribution in [2.75, 3.05) is 16.8 Å². The second kappa shape index (κ2) is 6.18. The molecule has 17 heavy (non-hydrogen) atoms. The van der Waals surface area contributed by atoms with Crippen molar-refractivity contribution in [3.63, 3.8) is 0 Å². The fourth-order valence-corrected chi connectivity index (χ4v) is 3.43. The second-order valence-electron chi connectivity index (χ2n) is 4.24. The fraction of sp³-hybridized carbons (Fsp3) is 0.462. The Balaban J connectivity index is 2.02. The van der Waals surface area contributed by atoms with Crippen molar-refractivity contribution >= 4 is 29.1 Å². The number of hydrogen-bond acceptors (Lipinski definition) is 3. The molecule has 0 amide bonds. The molecular weight excluding hydrogens is 252 g/mol. The van der Waals surface area contributed by atoms with E-state index in [9.17, 15) is 5.26 Å². The summed E-state index contributed by atoms with van der Waals surface area (Å²) in [4.78, 5) is 0. The first-order chi connectivity index (χ1) is 8.29. The lowest BCUT2D eigenvalue weighted by molar-refractivity contribution is 0.499. The van der Waals surface area contributed by atoms with Crippen molar-refractivity contribution in [1.29, 1.82) is 5.26 Å². The van der Waals surface area contributed by atoms with Gasteiger partial charge in [-0.3, -0.25) is 0 Å². The monoisotopic (exact) mass is 266 g/mol. The van der Waals surface area contributed by atoms with Crippen LogP contribution in [0.25, 0.3) is 0 Å². The van der Waals surface area contributed by atoms with Gasteiger partial charge in [-0.15, -0.1) is 0 Å².